The monoisotopic (exact) mass is 399 g/mol. The normalized spacial score (nSPS) is 15.8. The second-order valence-electron chi connectivity index (χ2n) is 7.35. The number of rotatable bonds is 6. The van der Waals surface area contributed by atoms with Crippen LogP contribution in [0.25, 0.3) is 0 Å². The van der Waals surface area contributed by atoms with Crippen LogP contribution in [0.4, 0.5) is 5.69 Å². The fourth-order valence-electron chi connectivity index (χ4n) is 4.02. The van der Waals surface area contributed by atoms with Crippen molar-refractivity contribution in [2.75, 3.05) is 45.3 Å². The molecular formula is C22H29N3O4. The van der Waals surface area contributed by atoms with Crippen molar-refractivity contribution in [2.24, 2.45) is 0 Å². The highest BCUT2D eigenvalue weighted by Crippen LogP contribution is 2.29. The van der Waals surface area contributed by atoms with Crippen LogP contribution in [0.2, 0.25) is 0 Å². The van der Waals surface area contributed by atoms with Gasteiger partial charge in [-0.15, -0.1) is 0 Å². The third-order valence-electron chi connectivity index (χ3n) is 5.74. The van der Waals surface area contributed by atoms with E-state index in [0.29, 0.717) is 22.5 Å². The van der Waals surface area contributed by atoms with Crippen molar-refractivity contribution in [1.29, 1.82) is 0 Å². The second kappa shape index (κ2) is 8.69. The van der Waals surface area contributed by atoms with E-state index >= 15 is 0 Å². The molecule has 3 rings (SSSR count). The molecule has 29 heavy (non-hydrogen) atoms. The summed E-state index contributed by atoms with van der Waals surface area (Å²) in [6.07, 6.45) is 0. The number of anilines is 1. The number of methoxy groups -OCH3 is 2. The van der Waals surface area contributed by atoms with Crippen molar-refractivity contribution >= 4 is 17.4 Å². The van der Waals surface area contributed by atoms with Crippen LogP contribution in [-0.4, -0.2) is 68.1 Å². The van der Waals surface area contributed by atoms with Crippen molar-refractivity contribution in [1.82, 2.24) is 9.88 Å². The number of hydrogen-bond acceptors (Lipinski definition) is 6. The van der Waals surface area contributed by atoms with E-state index in [4.69, 9.17) is 9.47 Å². The Morgan fingerprint density at radius 2 is 1.72 bits per heavy atom. The fourth-order valence-corrected chi connectivity index (χ4v) is 4.02. The minimum atomic E-state index is -0.423. The number of hydrogen-bond donors (Lipinski definition) is 1. The summed E-state index contributed by atoms with van der Waals surface area (Å²) in [7, 11) is 3.03. The molecular weight excluding hydrogens is 370 g/mol. The van der Waals surface area contributed by atoms with Crippen molar-refractivity contribution in [3.05, 3.63) is 46.8 Å². The first-order valence-corrected chi connectivity index (χ1v) is 9.82. The Kier molecular flexibility index (Phi) is 6.27. The van der Waals surface area contributed by atoms with Crippen LogP contribution < -0.4 is 9.64 Å². The Hall–Kier alpha value is -2.80. The molecule has 0 bridgehead atoms. The molecule has 1 aromatic heterocycles. The molecule has 0 aliphatic carbocycles. The van der Waals surface area contributed by atoms with Crippen LogP contribution in [-0.2, 0) is 4.74 Å². The van der Waals surface area contributed by atoms with E-state index in [0.717, 1.165) is 37.6 Å². The molecule has 7 heteroatoms. The van der Waals surface area contributed by atoms with E-state index in [9.17, 15) is 9.59 Å². The number of Topliss-reactive ketones (excluding diaryl/α,β-unsaturated/α-hetero) is 1. The van der Waals surface area contributed by atoms with Crippen molar-refractivity contribution in [3.8, 4) is 5.75 Å². The highest BCUT2D eigenvalue weighted by atomic mass is 16.5. The van der Waals surface area contributed by atoms with Gasteiger partial charge < -0.3 is 19.4 Å². The first kappa shape index (κ1) is 20.9. The van der Waals surface area contributed by atoms with Crippen LogP contribution in [0, 0.1) is 13.8 Å². The van der Waals surface area contributed by atoms with Crippen molar-refractivity contribution in [2.45, 2.75) is 26.8 Å². The maximum absolute atomic E-state index is 13.1. The highest BCUT2D eigenvalue weighted by molar-refractivity contribution is 6.03. The minimum Gasteiger partial charge on any atom is -0.495 e. The maximum atomic E-state index is 13.1. The summed E-state index contributed by atoms with van der Waals surface area (Å²) in [5.41, 5.74) is 3.32. The Morgan fingerprint density at radius 3 is 2.34 bits per heavy atom. The maximum Gasteiger partial charge on any atom is 0.339 e. The number of ether oxygens (including phenoxy) is 2. The summed E-state index contributed by atoms with van der Waals surface area (Å²) in [4.78, 5) is 32.7. The predicted molar refractivity (Wildman–Crippen MR) is 112 cm³/mol. The number of ketones is 1. The summed E-state index contributed by atoms with van der Waals surface area (Å²) in [5.74, 6) is 0.428. The SMILES string of the molecule is COC(=O)c1c(C)[nH]c(C(=O)[C@H](C)N2CCN(c3ccccc3OC)CC2)c1C. The Balaban J connectivity index is 1.70. The topological polar surface area (TPSA) is 74.9 Å². The molecule has 1 aliphatic rings. The van der Waals surface area contributed by atoms with Crippen molar-refractivity contribution in [3.63, 3.8) is 0 Å². The third-order valence-corrected chi connectivity index (χ3v) is 5.74. The van der Waals surface area contributed by atoms with Gasteiger partial charge in [-0.1, -0.05) is 12.1 Å². The average Bonchev–Trinajstić information content (AvgIpc) is 3.06. The van der Waals surface area contributed by atoms with Gasteiger partial charge in [0.1, 0.15) is 5.75 Å². The molecule has 1 fully saturated rings. The van der Waals surface area contributed by atoms with Crippen LogP contribution >= 0.6 is 0 Å². The quantitative estimate of drug-likeness (QED) is 0.595. The Labute approximate surface area is 171 Å². The first-order valence-electron chi connectivity index (χ1n) is 9.82. The number of para-hydroxylation sites is 2. The van der Waals surface area contributed by atoms with Gasteiger partial charge in [-0.2, -0.15) is 0 Å². The van der Waals surface area contributed by atoms with E-state index in [1.54, 1.807) is 21.0 Å². The number of carbonyl (C=O) groups excluding carboxylic acids is 2. The lowest BCUT2D eigenvalue weighted by molar-refractivity contribution is 0.0599. The zero-order valence-corrected chi connectivity index (χ0v) is 17.7. The molecule has 2 heterocycles. The van der Waals surface area contributed by atoms with Gasteiger partial charge >= 0.3 is 5.97 Å². The van der Waals surface area contributed by atoms with Gasteiger partial charge in [-0.25, -0.2) is 4.79 Å². The summed E-state index contributed by atoms with van der Waals surface area (Å²) in [5, 5.41) is 0. The van der Waals surface area contributed by atoms with Crippen LogP contribution in [0.15, 0.2) is 24.3 Å². The number of carbonyl (C=O) groups is 2. The van der Waals surface area contributed by atoms with Gasteiger partial charge in [-0.3, -0.25) is 9.69 Å². The van der Waals surface area contributed by atoms with Crippen LogP contribution in [0.5, 0.6) is 5.75 Å². The lowest BCUT2D eigenvalue weighted by Crippen LogP contribution is -2.52. The second-order valence-corrected chi connectivity index (χ2v) is 7.35. The largest absolute Gasteiger partial charge is 0.495 e. The van der Waals surface area contributed by atoms with E-state index in [2.05, 4.69) is 20.9 Å². The minimum absolute atomic E-state index is 0.00788. The first-order chi connectivity index (χ1) is 13.9. The smallest absolute Gasteiger partial charge is 0.339 e. The van der Waals surface area contributed by atoms with E-state index in [1.807, 2.05) is 25.1 Å². The lowest BCUT2D eigenvalue weighted by atomic mass is 10.0. The van der Waals surface area contributed by atoms with Gasteiger partial charge in [0.15, 0.2) is 5.78 Å². The zero-order valence-electron chi connectivity index (χ0n) is 17.7. The zero-order chi connectivity index (χ0) is 21.1. The van der Waals surface area contributed by atoms with Crippen molar-refractivity contribution < 1.29 is 19.1 Å². The molecule has 1 aromatic carbocycles. The number of nitrogens with zero attached hydrogens (tertiary/aromatic N) is 2. The van der Waals surface area contributed by atoms with Crippen LogP contribution in [0.1, 0.15) is 39.0 Å². The summed E-state index contributed by atoms with van der Waals surface area (Å²) >= 11 is 0. The van der Waals surface area contributed by atoms with E-state index in [1.165, 1.54) is 7.11 Å². The molecule has 1 aliphatic heterocycles. The van der Waals surface area contributed by atoms with Gasteiger partial charge in [0.2, 0.25) is 0 Å². The number of esters is 1. The molecule has 0 saturated carbocycles. The summed E-state index contributed by atoms with van der Waals surface area (Å²) in [6, 6.07) is 7.71. The highest BCUT2D eigenvalue weighted by Gasteiger charge is 2.30. The molecule has 0 unspecified atom stereocenters. The third kappa shape index (κ3) is 4.00. The standard InChI is InChI=1S/C22H29N3O4/c1-14-19(22(27)29-5)15(2)23-20(14)21(26)16(3)24-10-12-25(13-11-24)17-8-6-7-9-18(17)28-4/h6-9,16,23H,10-13H2,1-5H3/t16-/m0/s1. The number of benzene rings is 1. The number of aromatic amines is 1. The molecule has 0 spiro atoms. The molecule has 156 valence electrons. The van der Waals surface area contributed by atoms with E-state index in [-0.39, 0.29) is 11.8 Å². The fraction of sp³-hybridized carbons (Fsp3) is 0.455. The average molecular weight is 399 g/mol. The summed E-state index contributed by atoms with van der Waals surface area (Å²) < 4.78 is 10.3. The van der Waals surface area contributed by atoms with Gasteiger partial charge in [-0.05, 0) is 38.5 Å². The molecule has 1 atom stereocenters. The van der Waals surface area contributed by atoms with Gasteiger partial charge in [0, 0.05) is 31.9 Å². The van der Waals surface area contributed by atoms with Gasteiger partial charge in [0.25, 0.3) is 0 Å². The number of aryl methyl sites for hydroxylation is 1. The molecule has 0 amide bonds. The van der Waals surface area contributed by atoms with Gasteiger partial charge in [0.05, 0.1) is 37.2 Å². The van der Waals surface area contributed by atoms with E-state index < -0.39 is 5.97 Å². The number of aromatic nitrogens is 1. The molecule has 7 nitrogen and oxygen atoms in total. The Bertz CT molecular complexity index is 897. The summed E-state index contributed by atoms with van der Waals surface area (Å²) in [6.45, 7) is 8.67. The number of H-pyrrole nitrogens is 1. The molecule has 2 aromatic rings. The predicted octanol–water partition coefficient (Wildman–Crippen LogP) is 2.82. The lowest BCUT2D eigenvalue weighted by Gasteiger charge is -2.38. The molecule has 1 saturated heterocycles. The number of piperazine rings is 1. The Morgan fingerprint density at radius 1 is 1.07 bits per heavy atom. The molecule has 1 N–H and O–H groups in total. The number of nitrogens with one attached hydrogen (secondary N) is 1. The van der Waals surface area contributed by atoms with Crippen LogP contribution in [0.3, 0.4) is 0 Å². The molecule has 0 radical (unpaired) electrons.